The molecule has 2 aromatic carbocycles. The molecule has 1 aromatic heterocycles. The van der Waals surface area contributed by atoms with Gasteiger partial charge in [0.2, 0.25) is 5.95 Å². The molecule has 3 nitrogen and oxygen atoms in total. The number of para-hydroxylation sites is 1. The summed E-state index contributed by atoms with van der Waals surface area (Å²) < 4.78 is 1.04. The van der Waals surface area contributed by atoms with Gasteiger partial charge in [-0.3, -0.25) is 0 Å². The number of nitrogens with one attached hydrogen (secondary N) is 1. The molecule has 0 aliphatic carbocycles. The maximum Gasteiger partial charge on any atom is 0.227 e. The van der Waals surface area contributed by atoms with E-state index in [-0.39, 0.29) is 0 Å². The fourth-order valence-corrected chi connectivity index (χ4v) is 2.26. The second-order valence-corrected chi connectivity index (χ2v) is 5.21. The van der Waals surface area contributed by atoms with Crippen LogP contribution in [0.15, 0.2) is 71.5 Å². The monoisotopic (exact) mass is 325 g/mol. The summed E-state index contributed by atoms with van der Waals surface area (Å²) in [6, 6.07) is 17.9. The average molecular weight is 326 g/mol. The zero-order chi connectivity index (χ0) is 13.8. The van der Waals surface area contributed by atoms with Crippen molar-refractivity contribution in [1.29, 1.82) is 0 Å². The van der Waals surface area contributed by atoms with Crippen LogP contribution in [0.5, 0.6) is 0 Å². The van der Waals surface area contributed by atoms with Gasteiger partial charge in [-0.05, 0) is 29.8 Å². The predicted molar refractivity (Wildman–Crippen MR) is 84.9 cm³/mol. The first-order valence-electron chi connectivity index (χ1n) is 6.21. The summed E-state index contributed by atoms with van der Waals surface area (Å²) in [6.45, 7) is 0. The number of halogens is 1. The van der Waals surface area contributed by atoms with E-state index < -0.39 is 0 Å². The van der Waals surface area contributed by atoms with E-state index in [1.807, 2.05) is 67.0 Å². The van der Waals surface area contributed by atoms with Gasteiger partial charge in [-0.25, -0.2) is 9.97 Å². The lowest BCUT2D eigenvalue weighted by atomic mass is 10.1. The van der Waals surface area contributed by atoms with Crippen LogP contribution in [0.25, 0.3) is 11.1 Å². The fourth-order valence-electron chi connectivity index (χ4n) is 1.86. The lowest BCUT2D eigenvalue weighted by Crippen LogP contribution is -1.96. The number of benzene rings is 2. The van der Waals surface area contributed by atoms with Crippen molar-refractivity contribution in [3.63, 3.8) is 0 Å². The van der Waals surface area contributed by atoms with E-state index in [2.05, 4.69) is 31.2 Å². The number of rotatable bonds is 3. The number of hydrogen-bond acceptors (Lipinski definition) is 3. The SMILES string of the molecule is Brc1cccc(-c2cnc(Nc3ccccc3)nc2)c1. The minimum absolute atomic E-state index is 0.593. The van der Waals surface area contributed by atoms with Crippen molar-refractivity contribution in [1.82, 2.24) is 9.97 Å². The summed E-state index contributed by atoms with van der Waals surface area (Å²) in [5.74, 6) is 0.593. The normalized spacial score (nSPS) is 10.2. The highest BCUT2D eigenvalue weighted by atomic mass is 79.9. The molecular weight excluding hydrogens is 314 g/mol. The van der Waals surface area contributed by atoms with Crippen molar-refractivity contribution >= 4 is 27.6 Å². The van der Waals surface area contributed by atoms with E-state index in [0.717, 1.165) is 21.3 Å². The molecule has 0 saturated heterocycles. The Hall–Kier alpha value is -2.20. The second kappa shape index (κ2) is 5.84. The molecule has 0 saturated carbocycles. The van der Waals surface area contributed by atoms with Gasteiger partial charge in [-0.15, -0.1) is 0 Å². The quantitative estimate of drug-likeness (QED) is 0.761. The minimum atomic E-state index is 0.593. The maximum absolute atomic E-state index is 4.34. The van der Waals surface area contributed by atoms with Gasteiger partial charge in [0, 0.05) is 28.1 Å². The molecule has 0 amide bonds. The first-order chi connectivity index (χ1) is 9.81. The number of hydrogen-bond donors (Lipinski definition) is 1. The number of aromatic nitrogens is 2. The van der Waals surface area contributed by atoms with Gasteiger partial charge in [-0.2, -0.15) is 0 Å². The lowest BCUT2D eigenvalue weighted by molar-refractivity contribution is 1.17. The largest absolute Gasteiger partial charge is 0.324 e. The second-order valence-electron chi connectivity index (χ2n) is 4.30. The minimum Gasteiger partial charge on any atom is -0.324 e. The van der Waals surface area contributed by atoms with Crippen molar-refractivity contribution in [3.8, 4) is 11.1 Å². The highest BCUT2D eigenvalue weighted by molar-refractivity contribution is 9.10. The topological polar surface area (TPSA) is 37.8 Å². The lowest BCUT2D eigenvalue weighted by Gasteiger charge is -2.05. The molecule has 0 aliphatic heterocycles. The molecule has 4 heteroatoms. The maximum atomic E-state index is 4.34. The molecule has 20 heavy (non-hydrogen) atoms. The van der Waals surface area contributed by atoms with Crippen molar-refractivity contribution in [3.05, 3.63) is 71.5 Å². The van der Waals surface area contributed by atoms with Gasteiger partial charge in [-0.1, -0.05) is 46.3 Å². The Kier molecular flexibility index (Phi) is 3.74. The fraction of sp³-hybridized carbons (Fsp3) is 0. The summed E-state index contributed by atoms with van der Waals surface area (Å²) in [4.78, 5) is 8.68. The smallest absolute Gasteiger partial charge is 0.227 e. The molecule has 1 heterocycles. The number of anilines is 2. The van der Waals surface area contributed by atoms with Crippen LogP contribution in [0, 0.1) is 0 Å². The third-order valence-corrected chi connectivity index (χ3v) is 3.33. The molecule has 3 aromatic rings. The number of nitrogens with zero attached hydrogens (tertiary/aromatic N) is 2. The van der Waals surface area contributed by atoms with Gasteiger partial charge in [0.25, 0.3) is 0 Å². The van der Waals surface area contributed by atoms with Gasteiger partial charge in [0.15, 0.2) is 0 Å². The standard InChI is InChI=1S/C16H12BrN3/c17-14-6-4-5-12(9-14)13-10-18-16(19-11-13)20-15-7-2-1-3-8-15/h1-11H,(H,18,19,20). The Morgan fingerprint density at radius 2 is 1.55 bits per heavy atom. The Labute approximate surface area is 125 Å². The van der Waals surface area contributed by atoms with Crippen LogP contribution in [0.3, 0.4) is 0 Å². The zero-order valence-corrected chi connectivity index (χ0v) is 12.2. The van der Waals surface area contributed by atoms with Crippen LogP contribution in [-0.2, 0) is 0 Å². The average Bonchev–Trinajstić information content (AvgIpc) is 2.49. The summed E-state index contributed by atoms with van der Waals surface area (Å²) in [6.07, 6.45) is 3.64. The summed E-state index contributed by atoms with van der Waals surface area (Å²) >= 11 is 3.46. The van der Waals surface area contributed by atoms with E-state index in [1.54, 1.807) is 0 Å². The molecule has 98 valence electrons. The van der Waals surface area contributed by atoms with E-state index in [1.165, 1.54) is 0 Å². The third kappa shape index (κ3) is 3.03. The summed E-state index contributed by atoms with van der Waals surface area (Å²) in [5, 5.41) is 3.16. The van der Waals surface area contributed by atoms with Gasteiger partial charge < -0.3 is 5.32 Å². The molecule has 0 radical (unpaired) electrons. The molecule has 0 aliphatic rings. The first kappa shape index (κ1) is 12.8. The van der Waals surface area contributed by atoms with Gasteiger partial charge in [0.1, 0.15) is 0 Å². The van der Waals surface area contributed by atoms with Crippen LogP contribution in [-0.4, -0.2) is 9.97 Å². The van der Waals surface area contributed by atoms with E-state index in [9.17, 15) is 0 Å². The van der Waals surface area contributed by atoms with Crippen LogP contribution in [0.2, 0.25) is 0 Å². The van der Waals surface area contributed by atoms with E-state index in [4.69, 9.17) is 0 Å². The van der Waals surface area contributed by atoms with Crippen LogP contribution in [0.1, 0.15) is 0 Å². The molecule has 3 rings (SSSR count). The molecule has 0 spiro atoms. The molecule has 0 fully saturated rings. The molecule has 0 bridgehead atoms. The Morgan fingerprint density at radius 3 is 2.25 bits per heavy atom. The van der Waals surface area contributed by atoms with Gasteiger partial charge >= 0.3 is 0 Å². The molecule has 0 unspecified atom stereocenters. The van der Waals surface area contributed by atoms with E-state index >= 15 is 0 Å². The highest BCUT2D eigenvalue weighted by Gasteiger charge is 2.01. The van der Waals surface area contributed by atoms with Crippen molar-refractivity contribution in [2.24, 2.45) is 0 Å². The highest BCUT2D eigenvalue weighted by Crippen LogP contribution is 2.22. The summed E-state index contributed by atoms with van der Waals surface area (Å²) in [7, 11) is 0. The van der Waals surface area contributed by atoms with Crippen LogP contribution < -0.4 is 5.32 Å². The first-order valence-corrected chi connectivity index (χ1v) is 7.00. The van der Waals surface area contributed by atoms with Gasteiger partial charge in [0.05, 0.1) is 0 Å². The third-order valence-electron chi connectivity index (χ3n) is 2.84. The van der Waals surface area contributed by atoms with Crippen LogP contribution in [0.4, 0.5) is 11.6 Å². The summed E-state index contributed by atoms with van der Waals surface area (Å²) in [5.41, 5.74) is 3.05. The Morgan fingerprint density at radius 1 is 0.800 bits per heavy atom. The zero-order valence-electron chi connectivity index (χ0n) is 10.6. The van der Waals surface area contributed by atoms with Crippen molar-refractivity contribution < 1.29 is 0 Å². The van der Waals surface area contributed by atoms with E-state index in [0.29, 0.717) is 5.95 Å². The van der Waals surface area contributed by atoms with Crippen LogP contribution >= 0.6 is 15.9 Å². The Balaban J connectivity index is 1.81. The molecule has 0 atom stereocenters. The molecule has 1 N–H and O–H groups in total. The van der Waals surface area contributed by atoms with Crippen molar-refractivity contribution in [2.75, 3.05) is 5.32 Å². The Bertz CT molecular complexity index is 696. The van der Waals surface area contributed by atoms with Crippen molar-refractivity contribution in [2.45, 2.75) is 0 Å². The predicted octanol–water partition coefficient (Wildman–Crippen LogP) is 4.65. The molecular formula is C16H12BrN3.